The first-order chi connectivity index (χ1) is 9.67. The molecule has 1 N–H and O–H groups in total. The SMILES string of the molecule is CC1=NOC(CSc2nc3c(C#N)cnn3c(=O)[nH]2)C1. The van der Waals surface area contributed by atoms with E-state index in [1.54, 1.807) is 0 Å². The Labute approximate surface area is 117 Å². The fourth-order valence-electron chi connectivity index (χ4n) is 1.84. The molecule has 0 fully saturated rings. The van der Waals surface area contributed by atoms with Crippen molar-refractivity contribution >= 4 is 23.1 Å². The van der Waals surface area contributed by atoms with Crippen LogP contribution >= 0.6 is 11.8 Å². The minimum atomic E-state index is -0.418. The lowest BCUT2D eigenvalue weighted by atomic mass is 10.2. The lowest BCUT2D eigenvalue weighted by Crippen LogP contribution is -2.20. The average molecular weight is 290 g/mol. The lowest BCUT2D eigenvalue weighted by molar-refractivity contribution is 0.103. The molecule has 2 aromatic heterocycles. The highest BCUT2D eigenvalue weighted by molar-refractivity contribution is 7.99. The Bertz CT molecular complexity index is 786. The van der Waals surface area contributed by atoms with Crippen LogP contribution in [0.3, 0.4) is 0 Å². The zero-order valence-electron chi connectivity index (χ0n) is 10.5. The van der Waals surface area contributed by atoms with Gasteiger partial charge < -0.3 is 4.84 Å². The first kappa shape index (κ1) is 12.7. The molecule has 1 aliphatic heterocycles. The van der Waals surface area contributed by atoms with Gasteiger partial charge in [0.15, 0.2) is 10.8 Å². The van der Waals surface area contributed by atoms with E-state index >= 15 is 0 Å². The molecule has 0 saturated heterocycles. The van der Waals surface area contributed by atoms with Crippen LogP contribution in [0.2, 0.25) is 0 Å². The molecule has 1 aliphatic rings. The van der Waals surface area contributed by atoms with E-state index in [0.29, 0.717) is 10.9 Å². The summed E-state index contributed by atoms with van der Waals surface area (Å²) < 4.78 is 1.07. The van der Waals surface area contributed by atoms with Gasteiger partial charge in [0.2, 0.25) is 0 Å². The van der Waals surface area contributed by atoms with Crippen LogP contribution in [-0.4, -0.2) is 37.2 Å². The van der Waals surface area contributed by atoms with Gasteiger partial charge >= 0.3 is 5.69 Å². The van der Waals surface area contributed by atoms with E-state index in [1.807, 2.05) is 13.0 Å². The van der Waals surface area contributed by atoms with Crippen molar-refractivity contribution in [1.82, 2.24) is 19.6 Å². The molecule has 0 spiro atoms. The Morgan fingerprint density at radius 2 is 2.55 bits per heavy atom. The van der Waals surface area contributed by atoms with E-state index in [9.17, 15) is 4.79 Å². The van der Waals surface area contributed by atoms with Gasteiger partial charge in [0.1, 0.15) is 17.7 Å². The molecule has 2 aromatic rings. The van der Waals surface area contributed by atoms with Gasteiger partial charge in [-0.2, -0.15) is 14.9 Å². The summed E-state index contributed by atoms with van der Waals surface area (Å²) in [5.74, 6) is 0.621. The third-order valence-electron chi connectivity index (χ3n) is 2.76. The van der Waals surface area contributed by atoms with Crippen LogP contribution in [0.25, 0.3) is 5.65 Å². The molecular weight excluding hydrogens is 280 g/mol. The van der Waals surface area contributed by atoms with E-state index in [0.717, 1.165) is 16.6 Å². The molecule has 0 bridgehead atoms. The monoisotopic (exact) mass is 290 g/mol. The maximum absolute atomic E-state index is 11.8. The quantitative estimate of drug-likeness (QED) is 0.827. The van der Waals surface area contributed by atoms with Crippen LogP contribution in [0.5, 0.6) is 0 Å². The van der Waals surface area contributed by atoms with Crippen LogP contribution in [0.15, 0.2) is 21.3 Å². The number of fused-ring (bicyclic) bond motifs is 1. The Kier molecular flexibility index (Phi) is 3.15. The lowest BCUT2D eigenvalue weighted by Gasteiger charge is -2.06. The molecule has 0 amide bonds. The number of H-pyrrole nitrogens is 1. The second kappa shape index (κ2) is 4.97. The second-order valence-corrected chi connectivity index (χ2v) is 5.33. The zero-order valence-corrected chi connectivity index (χ0v) is 11.3. The van der Waals surface area contributed by atoms with Crippen molar-refractivity contribution in [3.05, 3.63) is 22.2 Å². The minimum absolute atomic E-state index is 0.0122. The fraction of sp³-hybridized carbons (Fsp3) is 0.364. The number of nitriles is 1. The van der Waals surface area contributed by atoms with E-state index < -0.39 is 5.69 Å². The number of hydrogen-bond acceptors (Lipinski definition) is 7. The van der Waals surface area contributed by atoms with Crippen LogP contribution in [0.1, 0.15) is 18.9 Å². The van der Waals surface area contributed by atoms with Gasteiger partial charge in [-0.15, -0.1) is 0 Å². The molecule has 1 atom stereocenters. The molecular formula is C11H10N6O2S. The first-order valence-electron chi connectivity index (χ1n) is 5.87. The van der Waals surface area contributed by atoms with Crippen LogP contribution < -0.4 is 5.69 Å². The van der Waals surface area contributed by atoms with Gasteiger partial charge in [0.05, 0.1) is 11.9 Å². The third-order valence-corrected chi connectivity index (χ3v) is 3.77. The summed E-state index contributed by atoms with van der Waals surface area (Å²) >= 11 is 1.36. The van der Waals surface area contributed by atoms with Gasteiger partial charge in [-0.25, -0.2) is 9.78 Å². The Balaban J connectivity index is 1.82. The molecule has 3 rings (SSSR count). The predicted molar refractivity (Wildman–Crippen MR) is 71.6 cm³/mol. The number of nitrogens with one attached hydrogen (secondary N) is 1. The third kappa shape index (κ3) is 2.25. The van der Waals surface area contributed by atoms with E-state index in [1.165, 1.54) is 18.0 Å². The smallest absolute Gasteiger partial charge is 0.350 e. The van der Waals surface area contributed by atoms with E-state index in [2.05, 4.69) is 20.2 Å². The molecule has 102 valence electrons. The number of rotatable bonds is 3. The predicted octanol–water partition coefficient (Wildman–Crippen LogP) is 0.546. The standard InChI is InChI=1S/C11H10N6O2S/c1-6-2-8(19-16-6)5-20-10-14-9-7(3-12)4-13-17(9)11(18)15-10/h4,8H,2,5H2,1H3,(H,14,15,18). The highest BCUT2D eigenvalue weighted by atomic mass is 32.2. The molecule has 0 aliphatic carbocycles. The maximum Gasteiger partial charge on any atom is 0.350 e. The van der Waals surface area contributed by atoms with Crippen molar-refractivity contribution in [2.75, 3.05) is 5.75 Å². The molecule has 0 aromatic carbocycles. The Hall–Kier alpha value is -2.34. The van der Waals surface area contributed by atoms with Crippen molar-refractivity contribution < 1.29 is 4.84 Å². The normalized spacial score (nSPS) is 17.8. The van der Waals surface area contributed by atoms with Crippen LogP contribution in [0.4, 0.5) is 0 Å². The van der Waals surface area contributed by atoms with Crippen molar-refractivity contribution in [2.24, 2.45) is 5.16 Å². The Morgan fingerprint density at radius 1 is 1.70 bits per heavy atom. The summed E-state index contributed by atoms with van der Waals surface area (Å²) in [5.41, 5.74) is 1.07. The summed E-state index contributed by atoms with van der Waals surface area (Å²) in [5, 5.41) is 17.1. The van der Waals surface area contributed by atoms with Crippen LogP contribution in [0, 0.1) is 11.3 Å². The largest absolute Gasteiger partial charge is 0.391 e. The maximum atomic E-state index is 11.8. The number of oxime groups is 1. The second-order valence-electron chi connectivity index (χ2n) is 4.32. The average Bonchev–Trinajstić information content (AvgIpc) is 3.02. The first-order valence-corrected chi connectivity index (χ1v) is 6.86. The number of hydrogen-bond donors (Lipinski definition) is 1. The van der Waals surface area contributed by atoms with E-state index in [4.69, 9.17) is 10.1 Å². The van der Waals surface area contributed by atoms with Crippen molar-refractivity contribution in [3.63, 3.8) is 0 Å². The summed E-state index contributed by atoms with van der Waals surface area (Å²) in [7, 11) is 0. The molecule has 3 heterocycles. The molecule has 0 saturated carbocycles. The molecule has 20 heavy (non-hydrogen) atoms. The van der Waals surface area contributed by atoms with Gasteiger partial charge in [-0.3, -0.25) is 4.98 Å². The highest BCUT2D eigenvalue weighted by Crippen LogP contribution is 2.20. The van der Waals surface area contributed by atoms with Crippen molar-refractivity contribution in [1.29, 1.82) is 5.26 Å². The molecule has 9 heteroatoms. The van der Waals surface area contributed by atoms with Crippen molar-refractivity contribution in [3.8, 4) is 6.07 Å². The fourth-order valence-corrected chi connectivity index (χ4v) is 2.68. The number of thioether (sulfide) groups is 1. The molecule has 1 unspecified atom stereocenters. The molecule has 8 nitrogen and oxygen atoms in total. The number of aromatic nitrogens is 4. The van der Waals surface area contributed by atoms with Gasteiger partial charge in [0.25, 0.3) is 0 Å². The summed E-state index contributed by atoms with van der Waals surface area (Å²) in [6.07, 6.45) is 2.08. The minimum Gasteiger partial charge on any atom is -0.391 e. The molecule has 0 radical (unpaired) electrons. The van der Waals surface area contributed by atoms with Crippen molar-refractivity contribution in [2.45, 2.75) is 24.6 Å². The van der Waals surface area contributed by atoms with Gasteiger partial charge in [0, 0.05) is 12.2 Å². The van der Waals surface area contributed by atoms with Crippen LogP contribution in [-0.2, 0) is 4.84 Å². The summed E-state index contributed by atoms with van der Waals surface area (Å²) in [6.45, 7) is 1.91. The summed E-state index contributed by atoms with van der Waals surface area (Å²) in [6, 6.07) is 1.96. The van der Waals surface area contributed by atoms with Gasteiger partial charge in [-0.1, -0.05) is 16.9 Å². The zero-order chi connectivity index (χ0) is 14.1. The number of aromatic amines is 1. The van der Waals surface area contributed by atoms with Gasteiger partial charge in [-0.05, 0) is 6.92 Å². The van der Waals surface area contributed by atoms with E-state index in [-0.39, 0.29) is 17.3 Å². The Morgan fingerprint density at radius 3 is 3.25 bits per heavy atom. The summed E-state index contributed by atoms with van der Waals surface area (Å²) in [4.78, 5) is 23.9. The topological polar surface area (TPSA) is 108 Å². The highest BCUT2D eigenvalue weighted by Gasteiger charge is 2.19. The number of nitrogens with zero attached hydrogens (tertiary/aromatic N) is 5.